The van der Waals surface area contributed by atoms with Crippen molar-refractivity contribution < 1.29 is 4.79 Å². The molecule has 4 aromatic rings. The molecule has 1 aromatic heterocycles. The van der Waals surface area contributed by atoms with Crippen LogP contribution in [0.4, 0.5) is 5.69 Å². The molecule has 0 saturated carbocycles. The van der Waals surface area contributed by atoms with E-state index in [1.165, 1.54) is 22.3 Å². The SMILES string of the molecule is CCCCCC(Cc1c(C)cc(C)cc1C)(C(=O)Nc1cccc2cccnc12)c1ccccc1. The van der Waals surface area contributed by atoms with Crippen LogP contribution in [0, 0.1) is 20.8 Å². The van der Waals surface area contributed by atoms with Gasteiger partial charge in [0.05, 0.1) is 16.6 Å². The number of amides is 1. The predicted octanol–water partition coefficient (Wildman–Crippen LogP) is 7.86. The minimum atomic E-state index is -0.682. The van der Waals surface area contributed by atoms with Crippen LogP contribution < -0.4 is 5.32 Å². The number of aromatic nitrogens is 1. The molecule has 0 saturated heterocycles. The van der Waals surface area contributed by atoms with E-state index in [0.717, 1.165) is 47.8 Å². The van der Waals surface area contributed by atoms with Gasteiger partial charge in [-0.15, -0.1) is 0 Å². The average Bonchev–Trinajstić information content (AvgIpc) is 2.86. The maximum atomic E-state index is 14.4. The number of carbonyl (C=O) groups is 1. The third-order valence-corrected chi connectivity index (χ3v) is 7.17. The number of aryl methyl sites for hydroxylation is 3. The van der Waals surface area contributed by atoms with Crippen LogP contribution in [0.2, 0.25) is 0 Å². The van der Waals surface area contributed by atoms with Crippen molar-refractivity contribution in [2.75, 3.05) is 5.32 Å². The van der Waals surface area contributed by atoms with Crippen molar-refractivity contribution in [3.63, 3.8) is 0 Å². The van der Waals surface area contributed by atoms with Gasteiger partial charge >= 0.3 is 0 Å². The van der Waals surface area contributed by atoms with Crippen LogP contribution in [-0.2, 0) is 16.6 Å². The zero-order valence-corrected chi connectivity index (χ0v) is 21.4. The standard InChI is InChI=1S/C32H36N2O/c1-5-6-10-18-32(27-15-8-7-9-16-27,22-28-24(3)20-23(2)21-25(28)4)31(35)34-29-17-11-13-26-14-12-19-33-30(26)29/h7-9,11-17,19-21H,5-6,10,18,22H2,1-4H3,(H,34,35). The van der Waals surface area contributed by atoms with Crippen molar-refractivity contribution in [2.24, 2.45) is 0 Å². The summed E-state index contributed by atoms with van der Waals surface area (Å²) in [4.78, 5) is 19.0. The van der Waals surface area contributed by atoms with E-state index in [1.54, 1.807) is 6.20 Å². The van der Waals surface area contributed by atoms with E-state index < -0.39 is 5.41 Å². The van der Waals surface area contributed by atoms with Gasteiger partial charge in [-0.3, -0.25) is 9.78 Å². The van der Waals surface area contributed by atoms with Gasteiger partial charge in [0, 0.05) is 11.6 Å². The van der Waals surface area contributed by atoms with Gasteiger partial charge in [-0.1, -0.05) is 92.4 Å². The van der Waals surface area contributed by atoms with Crippen LogP contribution >= 0.6 is 0 Å². The third kappa shape index (κ3) is 5.30. The number of benzene rings is 3. The van der Waals surface area contributed by atoms with Gasteiger partial charge in [-0.05, 0) is 68.0 Å². The molecular weight excluding hydrogens is 428 g/mol. The molecule has 35 heavy (non-hydrogen) atoms. The second-order valence-electron chi connectivity index (χ2n) is 9.79. The summed E-state index contributed by atoms with van der Waals surface area (Å²) in [6, 6.07) is 24.7. The van der Waals surface area contributed by atoms with E-state index in [2.05, 4.69) is 62.3 Å². The highest BCUT2D eigenvalue weighted by Crippen LogP contribution is 2.38. The molecule has 1 N–H and O–H groups in total. The molecule has 1 unspecified atom stereocenters. The van der Waals surface area contributed by atoms with Gasteiger partial charge in [0.2, 0.25) is 5.91 Å². The molecule has 1 amide bonds. The fraction of sp³-hybridized carbons (Fsp3) is 0.312. The summed E-state index contributed by atoms with van der Waals surface area (Å²) in [5.41, 5.74) is 6.99. The molecule has 180 valence electrons. The lowest BCUT2D eigenvalue weighted by molar-refractivity contribution is -0.122. The van der Waals surface area contributed by atoms with Gasteiger partial charge < -0.3 is 5.32 Å². The maximum Gasteiger partial charge on any atom is 0.235 e. The van der Waals surface area contributed by atoms with E-state index in [-0.39, 0.29) is 5.91 Å². The minimum absolute atomic E-state index is 0.0392. The van der Waals surface area contributed by atoms with Crippen molar-refractivity contribution in [3.05, 3.63) is 107 Å². The van der Waals surface area contributed by atoms with Crippen molar-refractivity contribution >= 4 is 22.5 Å². The van der Waals surface area contributed by atoms with Gasteiger partial charge in [0.15, 0.2) is 0 Å². The van der Waals surface area contributed by atoms with Gasteiger partial charge in [-0.25, -0.2) is 0 Å². The molecule has 0 radical (unpaired) electrons. The first kappa shape index (κ1) is 24.7. The van der Waals surface area contributed by atoms with Crippen molar-refractivity contribution in [1.82, 2.24) is 4.98 Å². The van der Waals surface area contributed by atoms with Gasteiger partial charge in [0.1, 0.15) is 0 Å². The number of unbranched alkanes of at least 4 members (excludes halogenated alkanes) is 2. The number of carbonyl (C=O) groups excluding carboxylic acids is 1. The molecule has 3 aromatic carbocycles. The Kier molecular flexibility index (Phi) is 7.65. The number of nitrogens with one attached hydrogen (secondary N) is 1. The maximum absolute atomic E-state index is 14.4. The number of anilines is 1. The summed E-state index contributed by atoms with van der Waals surface area (Å²) in [5, 5.41) is 4.34. The topological polar surface area (TPSA) is 42.0 Å². The van der Waals surface area contributed by atoms with Crippen LogP contribution in [0.3, 0.4) is 0 Å². The second kappa shape index (κ2) is 10.9. The van der Waals surface area contributed by atoms with Crippen LogP contribution in [0.1, 0.15) is 60.4 Å². The van der Waals surface area contributed by atoms with E-state index in [9.17, 15) is 4.79 Å². The zero-order valence-electron chi connectivity index (χ0n) is 21.4. The monoisotopic (exact) mass is 464 g/mol. The van der Waals surface area contributed by atoms with Gasteiger partial charge in [0.25, 0.3) is 0 Å². The van der Waals surface area contributed by atoms with Crippen LogP contribution in [-0.4, -0.2) is 10.9 Å². The quantitative estimate of drug-likeness (QED) is 0.256. The molecule has 0 aliphatic rings. The van der Waals surface area contributed by atoms with Gasteiger partial charge in [-0.2, -0.15) is 0 Å². The zero-order chi connectivity index (χ0) is 24.8. The molecule has 4 rings (SSSR count). The Labute approximate surface area is 209 Å². The average molecular weight is 465 g/mol. The molecule has 1 atom stereocenters. The lowest BCUT2D eigenvalue weighted by atomic mass is 9.70. The Morgan fingerprint density at radius 3 is 2.31 bits per heavy atom. The Bertz CT molecular complexity index is 1280. The first-order valence-electron chi connectivity index (χ1n) is 12.7. The normalized spacial score (nSPS) is 12.9. The summed E-state index contributed by atoms with van der Waals surface area (Å²) < 4.78 is 0. The first-order chi connectivity index (χ1) is 16.9. The van der Waals surface area contributed by atoms with E-state index >= 15 is 0 Å². The molecule has 3 heteroatoms. The Hall–Kier alpha value is -3.46. The largest absolute Gasteiger partial charge is 0.323 e. The van der Waals surface area contributed by atoms with E-state index in [0.29, 0.717) is 6.42 Å². The number of nitrogens with zero attached hydrogens (tertiary/aromatic N) is 1. The number of pyridine rings is 1. The lowest BCUT2D eigenvalue weighted by Gasteiger charge is -2.35. The van der Waals surface area contributed by atoms with Crippen LogP contribution in [0.15, 0.2) is 79.0 Å². The molecule has 0 aliphatic carbocycles. The first-order valence-corrected chi connectivity index (χ1v) is 12.7. The number of hydrogen-bond acceptors (Lipinski definition) is 2. The Morgan fingerprint density at radius 2 is 1.60 bits per heavy atom. The smallest absolute Gasteiger partial charge is 0.235 e. The van der Waals surface area contributed by atoms with Crippen LogP contribution in [0.25, 0.3) is 10.9 Å². The van der Waals surface area contributed by atoms with Crippen molar-refractivity contribution in [3.8, 4) is 0 Å². The summed E-state index contributed by atoms with van der Waals surface area (Å²) >= 11 is 0. The molecule has 1 heterocycles. The lowest BCUT2D eigenvalue weighted by Crippen LogP contribution is -2.43. The molecular formula is C32H36N2O. The fourth-order valence-electron chi connectivity index (χ4n) is 5.33. The summed E-state index contributed by atoms with van der Waals surface area (Å²) in [5.74, 6) is 0.0392. The molecule has 0 aliphatic heterocycles. The summed E-state index contributed by atoms with van der Waals surface area (Å²) in [7, 11) is 0. The van der Waals surface area contributed by atoms with Crippen LogP contribution in [0.5, 0.6) is 0 Å². The summed E-state index contributed by atoms with van der Waals surface area (Å²) in [6.45, 7) is 8.68. The highest BCUT2D eigenvalue weighted by atomic mass is 16.2. The highest BCUT2D eigenvalue weighted by Gasteiger charge is 2.40. The number of rotatable bonds is 9. The molecule has 0 spiro atoms. The van der Waals surface area contributed by atoms with Crippen molar-refractivity contribution in [2.45, 2.75) is 65.2 Å². The minimum Gasteiger partial charge on any atom is -0.323 e. The number of fused-ring (bicyclic) bond motifs is 1. The molecule has 0 bridgehead atoms. The highest BCUT2D eigenvalue weighted by molar-refractivity contribution is 6.05. The number of hydrogen-bond donors (Lipinski definition) is 1. The predicted molar refractivity (Wildman–Crippen MR) is 147 cm³/mol. The Morgan fingerprint density at radius 1 is 0.886 bits per heavy atom. The number of para-hydroxylation sites is 1. The summed E-state index contributed by atoms with van der Waals surface area (Å²) in [6.07, 6.45) is 6.45. The van der Waals surface area contributed by atoms with Crippen molar-refractivity contribution in [1.29, 1.82) is 0 Å². The molecule has 0 fully saturated rings. The second-order valence-corrected chi connectivity index (χ2v) is 9.79. The third-order valence-electron chi connectivity index (χ3n) is 7.17. The Balaban J connectivity index is 1.84. The van der Waals surface area contributed by atoms with E-state index in [4.69, 9.17) is 0 Å². The van der Waals surface area contributed by atoms with E-state index in [1.807, 2.05) is 48.5 Å². The molecule has 3 nitrogen and oxygen atoms in total. The fourth-order valence-corrected chi connectivity index (χ4v) is 5.33.